The molecule has 0 aliphatic carbocycles. The van der Waals surface area contributed by atoms with Crippen molar-refractivity contribution in [3.63, 3.8) is 0 Å². The van der Waals surface area contributed by atoms with Crippen LogP contribution in [0.2, 0.25) is 0 Å². The summed E-state index contributed by atoms with van der Waals surface area (Å²) in [6, 6.07) is 9.90. The monoisotopic (exact) mass is 222 g/mol. The van der Waals surface area contributed by atoms with Crippen LogP contribution in [0.3, 0.4) is 0 Å². The molecule has 0 aliphatic rings. The number of rotatable bonds is 6. The summed E-state index contributed by atoms with van der Waals surface area (Å²) in [5.74, 6) is 0.475. The van der Waals surface area contributed by atoms with Crippen LogP contribution < -0.4 is 0 Å². The maximum absolute atomic E-state index is 9.38. The molecular weight excluding hydrogens is 200 g/mol. The average Bonchev–Trinajstić information content (AvgIpc) is 2.31. The first-order valence-corrected chi connectivity index (χ1v) is 6.00. The summed E-state index contributed by atoms with van der Waals surface area (Å²) in [5, 5.41) is 9.38. The number of hydrogen-bond donors (Lipinski definition) is 1. The maximum Gasteiger partial charge on any atom is 0.106 e. The van der Waals surface area contributed by atoms with Crippen molar-refractivity contribution in [2.24, 2.45) is 5.92 Å². The maximum atomic E-state index is 9.38. The zero-order valence-corrected chi connectivity index (χ0v) is 10.4. The van der Waals surface area contributed by atoms with Gasteiger partial charge >= 0.3 is 0 Å². The first kappa shape index (κ1) is 13.2. The van der Waals surface area contributed by atoms with Gasteiger partial charge in [0.15, 0.2) is 0 Å². The molecule has 1 aromatic carbocycles. The lowest BCUT2D eigenvalue weighted by Crippen LogP contribution is -2.23. The normalized spacial score (nSPS) is 15.1. The number of aliphatic hydroxyl groups excluding tert-OH is 1. The topological polar surface area (TPSA) is 29.5 Å². The van der Waals surface area contributed by atoms with E-state index in [1.807, 2.05) is 30.3 Å². The third kappa shape index (κ3) is 3.62. The highest BCUT2D eigenvalue weighted by molar-refractivity contribution is 5.17. The fourth-order valence-electron chi connectivity index (χ4n) is 1.83. The van der Waals surface area contributed by atoms with Gasteiger partial charge in [0.1, 0.15) is 6.10 Å². The zero-order valence-electron chi connectivity index (χ0n) is 10.4. The Balaban J connectivity index is 2.68. The Hall–Kier alpha value is -0.860. The van der Waals surface area contributed by atoms with E-state index in [-0.39, 0.29) is 18.8 Å². The van der Waals surface area contributed by atoms with Crippen LogP contribution in [0.15, 0.2) is 30.3 Å². The second kappa shape index (κ2) is 6.66. The van der Waals surface area contributed by atoms with E-state index in [0.29, 0.717) is 5.92 Å². The van der Waals surface area contributed by atoms with Crippen LogP contribution in [-0.2, 0) is 4.74 Å². The van der Waals surface area contributed by atoms with Gasteiger partial charge in [0.25, 0.3) is 0 Å². The molecule has 0 saturated carbocycles. The number of aliphatic hydroxyl groups is 1. The molecule has 0 amide bonds. The van der Waals surface area contributed by atoms with Gasteiger partial charge in [-0.1, -0.05) is 51.1 Å². The Morgan fingerprint density at radius 3 is 2.25 bits per heavy atom. The predicted molar refractivity (Wildman–Crippen MR) is 66.3 cm³/mol. The molecule has 0 radical (unpaired) electrons. The lowest BCUT2D eigenvalue weighted by Gasteiger charge is -2.25. The van der Waals surface area contributed by atoms with Gasteiger partial charge in [-0.3, -0.25) is 0 Å². The highest BCUT2D eigenvalue weighted by Crippen LogP contribution is 2.22. The second-order valence-electron chi connectivity index (χ2n) is 4.41. The van der Waals surface area contributed by atoms with Crippen LogP contribution in [0, 0.1) is 5.92 Å². The quantitative estimate of drug-likeness (QED) is 0.801. The van der Waals surface area contributed by atoms with Gasteiger partial charge < -0.3 is 9.84 Å². The van der Waals surface area contributed by atoms with E-state index < -0.39 is 0 Å². The highest BCUT2D eigenvalue weighted by atomic mass is 16.5. The van der Waals surface area contributed by atoms with Crippen molar-refractivity contribution >= 4 is 0 Å². The van der Waals surface area contributed by atoms with Gasteiger partial charge in [0.05, 0.1) is 12.7 Å². The van der Waals surface area contributed by atoms with Gasteiger partial charge in [-0.2, -0.15) is 0 Å². The molecule has 0 saturated heterocycles. The standard InChI is InChI=1S/C14H22O2/c1-4-13(11(2)3)16-14(10-15)12-8-6-5-7-9-12/h5-9,11,13-15H,4,10H2,1-3H3/t13-,14?/m1/s1. The van der Waals surface area contributed by atoms with Crippen LogP contribution >= 0.6 is 0 Å². The minimum absolute atomic E-state index is 0.0350. The largest absolute Gasteiger partial charge is 0.393 e. The minimum atomic E-state index is -0.200. The molecule has 0 aromatic heterocycles. The van der Waals surface area contributed by atoms with Crippen molar-refractivity contribution in [2.75, 3.05) is 6.61 Å². The molecule has 90 valence electrons. The Bertz CT molecular complexity index is 282. The van der Waals surface area contributed by atoms with Gasteiger partial charge in [0.2, 0.25) is 0 Å². The van der Waals surface area contributed by atoms with Crippen LogP contribution in [-0.4, -0.2) is 17.8 Å². The zero-order chi connectivity index (χ0) is 12.0. The molecule has 1 N–H and O–H groups in total. The third-order valence-electron chi connectivity index (χ3n) is 2.82. The molecular formula is C14H22O2. The Morgan fingerprint density at radius 1 is 1.19 bits per heavy atom. The fraction of sp³-hybridized carbons (Fsp3) is 0.571. The van der Waals surface area contributed by atoms with Gasteiger partial charge in [-0.25, -0.2) is 0 Å². The van der Waals surface area contributed by atoms with Gasteiger partial charge in [0, 0.05) is 0 Å². The highest BCUT2D eigenvalue weighted by Gasteiger charge is 2.18. The van der Waals surface area contributed by atoms with Crippen molar-refractivity contribution in [1.29, 1.82) is 0 Å². The van der Waals surface area contributed by atoms with Crippen molar-refractivity contribution in [2.45, 2.75) is 39.4 Å². The van der Waals surface area contributed by atoms with Crippen molar-refractivity contribution in [3.8, 4) is 0 Å². The molecule has 0 fully saturated rings. The van der Waals surface area contributed by atoms with Crippen LogP contribution in [0.25, 0.3) is 0 Å². The minimum Gasteiger partial charge on any atom is -0.393 e. The summed E-state index contributed by atoms with van der Waals surface area (Å²) in [6.45, 7) is 6.44. The molecule has 2 nitrogen and oxygen atoms in total. The third-order valence-corrected chi connectivity index (χ3v) is 2.82. The summed E-state index contributed by atoms with van der Waals surface area (Å²) in [4.78, 5) is 0. The SMILES string of the molecule is CC[C@@H](OC(CO)c1ccccc1)C(C)C. The van der Waals surface area contributed by atoms with Crippen molar-refractivity contribution in [1.82, 2.24) is 0 Å². The van der Waals surface area contributed by atoms with Crippen molar-refractivity contribution < 1.29 is 9.84 Å². The summed E-state index contributed by atoms with van der Waals surface area (Å²) in [6.07, 6.45) is 0.979. The van der Waals surface area contributed by atoms with E-state index in [1.165, 1.54) is 0 Å². The van der Waals surface area contributed by atoms with E-state index in [1.54, 1.807) is 0 Å². The van der Waals surface area contributed by atoms with E-state index >= 15 is 0 Å². The van der Waals surface area contributed by atoms with E-state index in [2.05, 4.69) is 20.8 Å². The first-order chi connectivity index (χ1) is 7.69. The van der Waals surface area contributed by atoms with Gasteiger partial charge in [-0.15, -0.1) is 0 Å². The Labute approximate surface area is 98.3 Å². The summed E-state index contributed by atoms with van der Waals surface area (Å²) >= 11 is 0. The Morgan fingerprint density at radius 2 is 1.81 bits per heavy atom. The average molecular weight is 222 g/mol. The lowest BCUT2D eigenvalue weighted by molar-refractivity contribution is -0.0616. The molecule has 1 aromatic rings. The predicted octanol–water partition coefficient (Wildman–Crippen LogP) is 3.17. The molecule has 16 heavy (non-hydrogen) atoms. The molecule has 1 rings (SSSR count). The first-order valence-electron chi connectivity index (χ1n) is 6.00. The second-order valence-corrected chi connectivity index (χ2v) is 4.41. The molecule has 0 spiro atoms. The lowest BCUT2D eigenvalue weighted by atomic mass is 10.0. The van der Waals surface area contributed by atoms with E-state index in [4.69, 9.17) is 4.74 Å². The fourth-order valence-corrected chi connectivity index (χ4v) is 1.83. The van der Waals surface area contributed by atoms with Crippen LogP contribution in [0.4, 0.5) is 0 Å². The number of benzene rings is 1. The van der Waals surface area contributed by atoms with Crippen LogP contribution in [0.1, 0.15) is 38.9 Å². The van der Waals surface area contributed by atoms with E-state index in [9.17, 15) is 5.11 Å². The summed E-state index contributed by atoms with van der Waals surface area (Å²) in [5.41, 5.74) is 1.05. The molecule has 1 unspecified atom stereocenters. The summed E-state index contributed by atoms with van der Waals surface area (Å²) in [7, 11) is 0. The molecule has 2 heteroatoms. The molecule has 0 heterocycles. The number of hydrogen-bond acceptors (Lipinski definition) is 2. The molecule has 2 atom stereocenters. The summed E-state index contributed by atoms with van der Waals surface area (Å²) < 4.78 is 5.95. The molecule has 0 aliphatic heterocycles. The molecule has 0 bridgehead atoms. The number of ether oxygens (including phenoxy) is 1. The smallest absolute Gasteiger partial charge is 0.106 e. The van der Waals surface area contributed by atoms with Crippen LogP contribution in [0.5, 0.6) is 0 Å². The van der Waals surface area contributed by atoms with Crippen molar-refractivity contribution in [3.05, 3.63) is 35.9 Å². The van der Waals surface area contributed by atoms with Gasteiger partial charge in [-0.05, 0) is 17.9 Å². The Kier molecular flexibility index (Phi) is 5.50. The van der Waals surface area contributed by atoms with E-state index in [0.717, 1.165) is 12.0 Å².